The van der Waals surface area contributed by atoms with E-state index in [2.05, 4.69) is 5.32 Å². The summed E-state index contributed by atoms with van der Waals surface area (Å²) in [5.41, 5.74) is 7.25. The number of nitrogens with one attached hydrogen (secondary N) is 1. The number of carbonyl (C=O) groups is 1. The molecule has 0 aliphatic heterocycles. The number of carbonyl (C=O) groups excluding carboxylic acids is 1. The van der Waals surface area contributed by atoms with E-state index < -0.39 is 0 Å². The predicted molar refractivity (Wildman–Crippen MR) is 85.7 cm³/mol. The molecule has 0 heterocycles. The first-order valence-corrected chi connectivity index (χ1v) is 7.12. The molecule has 2 rings (SSSR count). The van der Waals surface area contributed by atoms with Crippen molar-refractivity contribution in [3.8, 4) is 5.75 Å². The van der Waals surface area contributed by atoms with Gasteiger partial charge in [0.1, 0.15) is 19.0 Å². The van der Waals surface area contributed by atoms with Crippen LogP contribution in [0.25, 0.3) is 0 Å². The zero-order valence-corrected chi connectivity index (χ0v) is 12.3. The van der Waals surface area contributed by atoms with E-state index in [0.29, 0.717) is 19.8 Å². The predicted octanol–water partition coefficient (Wildman–Crippen LogP) is 2.18. The van der Waals surface area contributed by atoms with Gasteiger partial charge in [-0.1, -0.05) is 30.3 Å². The number of amides is 1. The number of nitrogens with two attached hydrogens (primary N) is 1. The van der Waals surface area contributed by atoms with Crippen molar-refractivity contribution in [2.45, 2.75) is 6.54 Å². The molecule has 0 spiro atoms. The van der Waals surface area contributed by atoms with Crippen molar-refractivity contribution in [3.05, 3.63) is 60.2 Å². The van der Waals surface area contributed by atoms with E-state index in [1.54, 1.807) is 0 Å². The fraction of sp³-hybridized carbons (Fsp3) is 0.235. The first kappa shape index (κ1) is 16.0. The second-order valence-corrected chi connectivity index (χ2v) is 4.67. The number of anilines is 1. The lowest BCUT2D eigenvalue weighted by Gasteiger charge is -2.08. The summed E-state index contributed by atoms with van der Waals surface area (Å²) in [7, 11) is 0. The zero-order chi connectivity index (χ0) is 15.6. The summed E-state index contributed by atoms with van der Waals surface area (Å²) >= 11 is 0. The summed E-state index contributed by atoms with van der Waals surface area (Å²) in [6, 6.07) is 16.9. The molecule has 0 bridgehead atoms. The Morgan fingerprint density at radius 2 is 1.86 bits per heavy atom. The Balaban J connectivity index is 1.63. The molecule has 0 saturated carbocycles. The van der Waals surface area contributed by atoms with Crippen LogP contribution in [0.3, 0.4) is 0 Å². The van der Waals surface area contributed by atoms with Gasteiger partial charge in [0.05, 0.1) is 6.61 Å². The number of rotatable bonds is 8. The van der Waals surface area contributed by atoms with Gasteiger partial charge >= 0.3 is 0 Å². The lowest BCUT2D eigenvalue weighted by atomic mass is 10.2. The van der Waals surface area contributed by atoms with Crippen LogP contribution in [-0.4, -0.2) is 25.7 Å². The summed E-state index contributed by atoms with van der Waals surface area (Å²) in [5, 5.41) is 2.76. The fourth-order valence-corrected chi connectivity index (χ4v) is 1.87. The van der Waals surface area contributed by atoms with E-state index in [1.165, 1.54) is 0 Å². The van der Waals surface area contributed by atoms with Crippen LogP contribution in [0.2, 0.25) is 0 Å². The molecule has 5 nitrogen and oxygen atoms in total. The Kier molecular flexibility index (Phi) is 6.41. The Bertz CT molecular complexity index is 587. The topological polar surface area (TPSA) is 73.6 Å². The van der Waals surface area contributed by atoms with Crippen molar-refractivity contribution in [3.63, 3.8) is 0 Å². The van der Waals surface area contributed by atoms with Gasteiger partial charge in [-0.25, -0.2) is 0 Å². The van der Waals surface area contributed by atoms with Gasteiger partial charge in [0.15, 0.2) is 0 Å². The first-order chi connectivity index (χ1) is 10.8. The minimum Gasteiger partial charge on any atom is -0.491 e. The molecule has 0 aliphatic carbocycles. The third-order valence-corrected chi connectivity index (χ3v) is 2.92. The monoisotopic (exact) mass is 300 g/mol. The normalized spacial score (nSPS) is 10.2. The molecule has 0 atom stereocenters. The molecule has 5 heteroatoms. The lowest BCUT2D eigenvalue weighted by molar-refractivity contribution is -0.120. The number of ether oxygens (including phenoxy) is 2. The van der Waals surface area contributed by atoms with Crippen LogP contribution in [0.15, 0.2) is 54.6 Å². The Labute approximate surface area is 130 Å². The van der Waals surface area contributed by atoms with Crippen molar-refractivity contribution in [1.29, 1.82) is 0 Å². The van der Waals surface area contributed by atoms with E-state index in [0.717, 1.165) is 17.0 Å². The maximum absolute atomic E-state index is 11.7. The maximum Gasteiger partial charge on any atom is 0.250 e. The van der Waals surface area contributed by atoms with Crippen LogP contribution < -0.4 is 15.8 Å². The highest BCUT2D eigenvalue weighted by molar-refractivity contribution is 5.91. The molecule has 0 aliphatic rings. The summed E-state index contributed by atoms with van der Waals surface area (Å²) in [4.78, 5) is 11.7. The average Bonchev–Trinajstić information content (AvgIpc) is 2.55. The highest BCUT2D eigenvalue weighted by atomic mass is 16.5. The largest absolute Gasteiger partial charge is 0.491 e. The van der Waals surface area contributed by atoms with Crippen molar-refractivity contribution < 1.29 is 14.3 Å². The van der Waals surface area contributed by atoms with Crippen molar-refractivity contribution in [1.82, 2.24) is 0 Å². The second-order valence-electron chi connectivity index (χ2n) is 4.67. The van der Waals surface area contributed by atoms with Gasteiger partial charge in [-0.15, -0.1) is 0 Å². The Morgan fingerprint density at radius 1 is 1.05 bits per heavy atom. The minimum atomic E-state index is -0.200. The Hall–Kier alpha value is -2.37. The summed E-state index contributed by atoms with van der Waals surface area (Å²) in [6.45, 7) is 1.19. The summed E-state index contributed by atoms with van der Waals surface area (Å²) < 4.78 is 10.7. The highest BCUT2D eigenvalue weighted by Crippen LogP contribution is 2.10. The maximum atomic E-state index is 11.7. The number of hydrogen-bond acceptors (Lipinski definition) is 4. The Morgan fingerprint density at radius 3 is 2.64 bits per heavy atom. The second kappa shape index (κ2) is 8.81. The fourth-order valence-electron chi connectivity index (χ4n) is 1.87. The van der Waals surface area contributed by atoms with Gasteiger partial charge in [-0.05, 0) is 29.8 Å². The van der Waals surface area contributed by atoms with E-state index in [4.69, 9.17) is 15.2 Å². The van der Waals surface area contributed by atoms with Gasteiger partial charge in [0.25, 0.3) is 0 Å². The van der Waals surface area contributed by atoms with Crippen LogP contribution >= 0.6 is 0 Å². The number of benzene rings is 2. The number of hydrogen-bond donors (Lipinski definition) is 2. The van der Waals surface area contributed by atoms with Crippen LogP contribution in [0.1, 0.15) is 5.56 Å². The zero-order valence-electron chi connectivity index (χ0n) is 12.3. The molecule has 3 N–H and O–H groups in total. The van der Waals surface area contributed by atoms with E-state index in [1.807, 2.05) is 54.6 Å². The molecule has 1 amide bonds. The average molecular weight is 300 g/mol. The molecule has 0 saturated heterocycles. The van der Waals surface area contributed by atoms with Crippen molar-refractivity contribution >= 4 is 11.6 Å². The molecular weight excluding hydrogens is 280 g/mol. The van der Waals surface area contributed by atoms with Crippen molar-refractivity contribution in [2.75, 3.05) is 25.1 Å². The summed E-state index contributed by atoms with van der Waals surface area (Å²) in [5.74, 6) is 0.586. The van der Waals surface area contributed by atoms with Crippen LogP contribution in [0, 0.1) is 0 Å². The quantitative estimate of drug-likeness (QED) is 0.733. The lowest BCUT2D eigenvalue weighted by Crippen LogP contribution is -2.20. The molecule has 0 fully saturated rings. The van der Waals surface area contributed by atoms with Crippen LogP contribution in [-0.2, 0) is 16.1 Å². The highest BCUT2D eigenvalue weighted by Gasteiger charge is 2.03. The summed E-state index contributed by atoms with van der Waals surface area (Å²) in [6.07, 6.45) is 0. The molecule has 0 unspecified atom stereocenters. The molecule has 0 radical (unpaired) electrons. The minimum absolute atomic E-state index is 0.00893. The third-order valence-electron chi connectivity index (χ3n) is 2.92. The molecule has 2 aromatic rings. The smallest absolute Gasteiger partial charge is 0.250 e. The standard InChI is InChI=1S/C17H20N2O3/c18-12-14-5-4-6-15(11-14)19-17(20)13-21-9-10-22-16-7-2-1-3-8-16/h1-8,11H,9-10,12-13,18H2,(H,19,20). The van der Waals surface area contributed by atoms with Crippen molar-refractivity contribution in [2.24, 2.45) is 5.73 Å². The molecule has 22 heavy (non-hydrogen) atoms. The first-order valence-electron chi connectivity index (χ1n) is 7.12. The van der Waals surface area contributed by atoms with Gasteiger partial charge in [0.2, 0.25) is 5.91 Å². The van der Waals surface area contributed by atoms with E-state index in [9.17, 15) is 4.79 Å². The molecular formula is C17H20N2O3. The molecule has 116 valence electrons. The van der Waals surface area contributed by atoms with E-state index in [-0.39, 0.29) is 12.5 Å². The van der Waals surface area contributed by atoms with Gasteiger partial charge in [0, 0.05) is 12.2 Å². The van der Waals surface area contributed by atoms with Gasteiger partial charge < -0.3 is 20.5 Å². The van der Waals surface area contributed by atoms with E-state index >= 15 is 0 Å². The SMILES string of the molecule is NCc1cccc(NC(=O)COCCOc2ccccc2)c1. The van der Waals surface area contributed by atoms with Gasteiger partial charge in [-0.2, -0.15) is 0 Å². The molecule has 0 aromatic heterocycles. The van der Waals surface area contributed by atoms with Crippen LogP contribution in [0.4, 0.5) is 5.69 Å². The van der Waals surface area contributed by atoms with Crippen LogP contribution in [0.5, 0.6) is 5.75 Å². The number of para-hydroxylation sites is 1. The molecule has 2 aromatic carbocycles. The van der Waals surface area contributed by atoms with Gasteiger partial charge in [-0.3, -0.25) is 4.79 Å². The third kappa shape index (κ3) is 5.55.